The molecule has 0 saturated carbocycles. The van der Waals surface area contributed by atoms with Crippen LogP contribution < -0.4 is 14.4 Å². The molecule has 2 aromatic carbocycles. The van der Waals surface area contributed by atoms with Crippen molar-refractivity contribution in [2.45, 2.75) is 59.7 Å². The highest BCUT2D eigenvalue weighted by Gasteiger charge is 2.31. The van der Waals surface area contributed by atoms with E-state index in [0.717, 1.165) is 27.3 Å². The number of methoxy groups -OCH3 is 1. The molecule has 0 radical (unpaired) electrons. The quantitative estimate of drug-likeness (QED) is 0.566. The monoisotopic (exact) mass is 503 g/mol. The average Bonchev–Trinajstić information content (AvgIpc) is 2.74. The summed E-state index contributed by atoms with van der Waals surface area (Å²) in [5.41, 5.74) is 2.45. The van der Waals surface area contributed by atoms with Gasteiger partial charge >= 0.3 is 0 Å². The SMILES string of the molecule is COc1ccc(CN(C(=O)CN(c2ccc(C)cc2C)S(C)(=O)=O)[C@H](C)C(=O)NC(C)(C)C)cc1. The van der Waals surface area contributed by atoms with Gasteiger partial charge in [0.05, 0.1) is 19.1 Å². The second-order valence-corrected chi connectivity index (χ2v) is 11.8. The predicted molar refractivity (Wildman–Crippen MR) is 139 cm³/mol. The van der Waals surface area contributed by atoms with Crippen LogP contribution in [0.15, 0.2) is 42.5 Å². The molecule has 1 N–H and O–H groups in total. The number of nitrogens with one attached hydrogen (secondary N) is 1. The van der Waals surface area contributed by atoms with Crippen LogP contribution in [0.4, 0.5) is 5.69 Å². The summed E-state index contributed by atoms with van der Waals surface area (Å²) < 4.78 is 31.7. The zero-order chi connectivity index (χ0) is 26.6. The van der Waals surface area contributed by atoms with Crippen molar-refractivity contribution in [1.29, 1.82) is 0 Å². The van der Waals surface area contributed by atoms with Crippen molar-refractivity contribution < 1.29 is 22.7 Å². The van der Waals surface area contributed by atoms with Crippen LogP contribution in [0, 0.1) is 13.8 Å². The fourth-order valence-electron chi connectivity index (χ4n) is 3.66. The van der Waals surface area contributed by atoms with E-state index in [-0.39, 0.29) is 12.5 Å². The fourth-order valence-corrected chi connectivity index (χ4v) is 4.57. The summed E-state index contributed by atoms with van der Waals surface area (Å²) in [6, 6.07) is 11.7. The molecule has 0 spiro atoms. The Morgan fingerprint density at radius 2 is 1.66 bits per heavy atom. The lowest BCUT2D eigenvalue weighted by Crippen LogP contribution is -2.54. The fraction of sp³-hybridized carbons (Fsp3) is 0.462. The maximum Gasteiger partial charge on any atom is 0.244 e. The molecule has 2 amide bonds. The van der Waals surface area contributed by atoms with Crippen molar-refractivity contribution >= 4 is 27.5 Å². The molecule has 2 aromatic rings. The van der Waals surface area contributed by atoms with Crippen LogP contribution in [0.2, 0.25) is 0 Å². The molecule has 0 saturated heterocycles. The van der Waals surface area contributed by atoms with Gasteiger partial charge in [-0.2, -0.15) is 0 Å². The number of ether oxygens (including phenoxy) is 1. The minimum absolute atomic E-state index is 0.131. The first-order valence-corrected chi connectivity index (χ1v) is 13.3. The van der Waals surface area contributed by atoms with Gasteiger partial charge in [-0.3, -0.25) is 13.9 Å². The van der Waals surface area contributed by atoms with Crippen LogP contribution in [-0.4, -0.2) is 56.6 Å². The minimum Gasteiger partial charge on any atom is -0.497 e. The third kappa shape index (κ3) is 7.99. The second kappa shape index (κ2) is 11.1. The van der Waals surface area contributed by atoms with Crippen molar-refractivity contribution in [2.75, 3.05) is 24.2 Å². The Labute approximate surface area is 209 Å². The third-order valence-corrected chi connectivity index (χ3v) is 6.60. The second-order valence-electron chi connectivity index (χ2n) is 9.84. The largest absolute Gasteiger partial charge is 0.497 e. The lowest BCUT2D eigenvalue weighted by molar-refractivity contribution is -0.140. The number of benzene rings is 2. The number of hydrogen-bond acceptors (Lipinski definition) is 5. The van der Waals surface area contributed by atoms with Gasteiger partial charge in [-0.1, -0.05) is 29.8 Å². The molecule has 2 rings (SSSR count). The summed E-state index contributed by atoms with van der Waals surface area (Å²) in [5.74, 6) is -0.136. The maximum absolute atomic E-state index is 13.6. The van der Waals surface area contributed by atoms with Gasteiger partial charge < -0.3 is 15.0 Å². The molecule has 192 valence electrons. The van der Waals surface area contributed by atoms with E-state index in [9.17, 15) is 18.0 Å². The Morgan fingerprint density at radius 3 is 2.14 bits per heavy atom. The summed E-state index contributed by atoms with van der Waals surface area (Å²) in [6.07, 6.45) is 1.07. The standard InChI is InChI=1S/C26H37N3O5S/c1-18-9-14-23(19(2)15-18)29(35(8,32)33)17-24(30)28(20(3)25(31)27-26(4,5)6)16-21-10-12-22(34-7)13-11-21/h9-15,20H,16-17H2,1-8H3,(H,27,31)/t20-/m1/s1. The zero-order valence-corrected chi connectivity index (χ0v) is 22.7. The zero-order valence-electron chi connectivity index (χ0n) is 21.9. The summed E-state index contributed by atoms with van der Waals surface area (Å²) in [7, 11) is -2.20. The molecular weight excluding hydrogens is 466 g/mol. The average molecular weight is 504 g/mol. The van der Waals surface area contributed by atoms with Crippen molar-refractivity contribution in [3.8, 4) is 5.75 Å². The highest BCUT2D eigenvalue weighted by molar-refractivity contribution is 7.92. The number of nitrogens with zero attached hydrogens (tertiary/aromatic N) is 2. The van der Waals surface area contributed by atoms with Crippen molar-refractivity contribution in [3.63, 3.8) is 0 Å². The predicted octanol–water partition coefficient (Wildman–Crippen LogP) is 3.41. The van der Waals surface area contributed by atoms with E-state index in [2.05, 4.69) is 5.32 Å². The van der Waals surface area contributed by atoms with Gasteiger partial charge in [-0.25, -0.2) is 8.42 Å². The van der Waals surface area contributed by atoms with Gasteiger partial charge in [-0.05, 0) is 70.9 Å². The van der Waals surface area contributed by atoms with Crippen LogP contribution in [0.25, 0.3) is 0 Å². The number of anilines is 1. The molecule has 35 heavy (non-hydrogen) atoms. The van der Waals surface area contributed by atoms with E-state index in [0.29, 0.717) is 11.4 Å². The lowest BCUT2D eigenvalue weighted by atomic mass is 10.1. The number of aryl methyl sites for hydroxylation is 2. The van der Waals surface area contributed by atoms with Crippen LogP contribution >= 0.6 is 0 Å². The van der Waals surface area contributed by atoms with Crippen molar-refractivity contribution in [2.24, 2.45) is 0 Å². The van der Waals surface area contributed by atoms with Crippen LogP contribution in [0.5, 0.6) is 5.75 Å². The third-order valence-electron chi connectivity index (χ3n) is 5.48. The Hall–Kier alpha value is -3.07. The molecule has 0 heterocycles. The minimum atomic E-state index is -3.77. The number of sulfonamides is 1. The van der Waals surface area contributed by atoms with Crippen LogP contribution in [-0.2, 0) is 26.2 Å². The normalized spacial score (nSPS) is 12.6. The summed E-state index contributed by atoms with van der Waals surface area (Å²) in [6.45, 7) is 10.7. The molecule has 0 aliphatic heterocycles. The molecule has 9 heteroatoms. The first-order valence-electron chi connectivity index (χ1n) is 11.4. The van der Waals surface area contributed by atoms with Gasteiger partial charge in [0.2, 0.25) is 21.8 Å². The Balaban J connectivity index is 2.43. The van der Waals surface area contributed by atoms with E-state index in [1.807, 2.05) is 45.9 Å². The molecule has 0 fully saturated rings. The van der Waals surface area contributed by atoms with Gasteiger partial charge in [0.25, 0.3) is 0 Å². The first-order chi connectivity index (χ1) is 16.1. The molecule has 8 nitrogen and oxygen atoms in total. The topological polar surface area (TPSA) is 96.0 Å². The van der Waals surface area contributed by atoms with E-state index in [4.69, 9.17) is 4.74 Å². The molecule has 0 aliphatic carbocycles. The smallest absolute Gasteiger partial charge is 0.244 e. The van der Waals surface area contributed by atoms with Crippen molar-refractivity contribution in [1.82, 2.24) is 10.2 Å². The Bertz CT molecular complexity index is 1150. The Morgan fingerprint density at radius 1 is 1.06 bits per heavy atom. The molecule has 1 atom stereocenters. The number of hydrogen-bond donors (Lipinski definition) is 1. The van der Waals surface area contributed by atoms with Crippen LogP contribution in [0.1, 0.15) is 44.4 Å². The summed E-state index contributed by atoms with van der Waals surface area (Å²) in [4.78, 5) is 28.0. The number of rotatable bonds is 9. The number of amides is 2. The molecule has 0 unspecified atom stereocenters. The summed E-state index contributed by atoms with van der Waals surface area (Å²) in [5, 5.41) is 2.90. The molecule has 0 aliphatic rings. The van der Waals surface area contributed by atoms with Crippen LogP contribution in [0.3, 0.4) is 0 Å². The first kappa shape index (κ1) is 28.2. The van der Waals surface area contributed by atoms with E-state index >= 15 is 0 Å². The van der Waals surface area contributed by atoms with E-state index < -0.39 is 34.1 Å². The van der Waals surface area contributed by atoms with Gasteiger partial charge in [0.1, 0.15) is 18.3 Å². The molecule has 0 bridgehead atoms. The summed E-state index contributed by atoms with van der Waals surface area (Å²) >= 11 is 0. The number of carbonyl (C=O) groups is 2. The van der Waals surface area contributed by atoms with Crippen molar-refractivity contribution in [3.05, 3.63) is 59.2 Å². The highest BCUT2D eigenvalue weighted by Crippen LogP contribution is 2.24. The van der Waals surface area contributed by atoms with E-state index in [1.54, 1.807) is 45.2 Å². The Kier molecular flexibility index (Phi) is 8.94. The van der Waals surface area contributed by atoms with Gasteiger partial charge in [-0.15, -0.1) is 0 Å². The van der Waals surface area contributed by atoms with Gasteiger partial charge in [0, 0.05) is 12.1 Å². The van der Waals surface area contributed by atoms with Gasteiger partial charge in [0.15, 0.2) is 0 Å². The lowest BCUT2D eigenvalue weighted by Gasteiger charge is -2.33. The highest BCUT2D eigenvalue weighted by atomic mass is 32.2. The molecule has 0 aromatic heterocycles. The maximum atomic E-state index is 13.6. The van der Waals surface area contributed by atoms with E-state index in [1.165, 1.54) is 4.90 Å². The molecular formula is C26H37N3O5S. The number of carbonyl (C=O) groups excluding carboxylic acids is 2.